The fraction of sp³-hybridized carbons (Fsp3) is 0.607. The summed E-state index contributed by atoms with van der Waals surface area (Å²) in [6, 6.07) is 5.99. The lowest BCUT2D eigenvalue weighted by molar-refractivity contribution is -0.141. The van der Waals surface area contributed by atoms with Gasteiger partial charge in [0.05, 0.1) is 11.0 Å². The monoisotopic (exact) mass is 508 g/mol. The number of fused-ring (bicyclic) bond motifs is 1. The summed E-state index contributed by atoms with van der Waals surface area (Å²) in [5.74, 6) is 0.689. The molecule has 2 amide bonds. The molecule has 0 spiro atoms. The Morgan fingerprint density at radius 1 is 1.03 bits per heavy atom. The second kappa shape index (κ2) is 10.3. The molecule has 2 N–H and O–H groups in total. The number of nitrogens with zero attached hydrogens (tertiary/aromatic N) is 3. The summed E-state index contributed by atoms with van der Waals surface area (Å²) in [7, 11) is 0. The molecule has 4 heterocycles. The van der Waals surface area contributed by atoms with Crippen LogP contribution in [-0.2, 0) is 22.7 Å². The first-order valence-corrected chi connectivity index (χ1v) is 14.4. The summed E-state index contributed by atoms with van der Waals surface area (Å²) in [6.07, 6.45) is 11.1. The standard InChI is InChI=1S/C28H36N4O3S/c33-25-9-8-24(26(34)30-25)32-16-21-14-20(6-7-23(21)28(32)35)18-10-12-31(13-11-18)17-22-15-29-27(36-22)19-4-2-1-3-5-19/h6-7,14-15,18-19,24,28,35H,1-5,8-13,16-17H2,(H,30,33,34). The maximum absolute atomic E-state index is 12.4. The normalized spacial score (nSPS) is 26.8. The van der Waals surface area contributed by atoms with Crippen LogP contribution in [0.2, 0.25) is 0 Å². The average Bonchev–Trinajstić information content (AvgIpc) is 3.49. The highest BCUT2D eigenvalue weighted by atomic mass is 32.1. The zero-order valence-corrected chi connectivity index (χ0v) is 21.6. The number of hydrogen-bond donors (Lipinski definition) is 2. The zero-order valence-electron chi connectivity index (χ0n) is 20.8. The number of carbonyl (C=O) groups is 2. The molecule has 0 bridgehead atoms. The number of aliphatic hydroxyl groups excluding tert-OH is 1. The van der Waals surface area contributed by atoms with Gasteiger partial charge in [-0.2, -0.15) is 0 Å². The highest BCUT2D eigenvalue weighted by Crippen LogP contribution is 2.39. The summed E-state index contributed by atoms with van der Waals surface area (Å²) < 4.78 is 0. The van der Waals surface area contributed by atoms with E-state index in [0.29, 0.717) is 31.2 Å². The number of amides is 2. The van der Waals surface area contributed by atoms with E-state index in [1.54, 1.807) is 0 Å². The summed E-state index contributed by atoms with van der Waals surface area (Å²) in [5.41, 5.74) is 3.33. The van der Waals surface area contributed by atoms with Crippen LogP contribution in [-0.4, -0.2) is 50.8 Å². The molecule has 1 aliphatic carbocycles. The van der Waals surface area contributed by atoms with E-state index in [1.807, 2.05) is 22.3 Å². The third-order valence-electron chi connectivity index (χ3n) is 8.69. The van der Waals surface area contributed by atoms with Crippen LogP contribution in [0.15, 0.2) is 24.4 Å². The fourth-order valence-corrected chi connectivity index (χ4v) is 7.72. The minimum Gasteiger partial charge on any atom is -0.374 e. The summed E-state index contributed by atoms with van der Waals surface area (Å²) >= 11 is 1.93. The molecule has 2 aromatic rings. The van der Waals surface area contributed by atoms with Gasteiger partial charge in [-0.25, -0.2) is 4.98 Å². The summed E-state index contributed by atoms with van der Waals surface area (Å²) in [4.78, 5) is 34.5. The number of piperidine rings is 2. The molecule has 1 aromatic heterocycles. The van der Waals surface area contributed by atoms with Gasteiger partial charge in [-0.15, -0.1) is 11.3 Å². The third kappa shape index (κ3) is 4.88. The van der Waals surface area contributed by atoms with Crippen molar-refractivity contribution in [1.82, 2.24) is 20.1 Å². The lowest BCUT2D eigenvalue weighted by Crippen LogP contribution is -2.51. The van der Waals surface area contributed by atoms with E-state index in [2.05, 4.69) is 28.5 Å². The van der Waals surface area contributed by atoms with Crippen LogP contribution in [0.25, 0.3) is 0 Å². The Balaban J connectivity index is 1.05. The third-order valence-corrected chi connectivity index (χ3v) is 9.83. The van der Waals surface area contributed by atoms with Crippen LogP contribution in [0.3, 0.4) is 0 Å². The molecule has 2 unspecified atom stereocenters. The Labute approximate surface area is 216 Å². The number of thiazole rings is 1. The molecule has 2 atom stereocenters. The largest absolute Gasteiger partial charge is 0.374 e. The van der Waals surface area contributed by atoms with Crippen LogP contribution in [0.4, 0.5) is 0 Å². The molecule has 192 valence electrons. The molecule has 1 aromatic carbocycles. The van der Waals surface area contributed by atoms with Gasteiger partial charge < -0.3 is 5.11 Å². The van der Waals surface area contributed by atoms with Crippen molar-refractivity contribution in [2.75, 3.05) is 13.1 Å². The zero-order chi connectivity index (χ0) is 24.6. The predicted molar refractivity (Wildman–Crippen MR) is 138 cm³/mol. The van der Waals surface area contributed by atoms with E-state index in [1.165, 1.54) is 47.6 Å². The van der Waals surface area contributed by atoms with E-state index in [0.717, 1.165) is 43.6 Å². The predicted octanol–water partition coefficient (Wildman–Crippen LogP) is 4.18. The molecule has 3 fully saturated rings. The number of carbonyl (C=O) groups excluding carboxylic acids is 2. The van der Waals surface area contributed by atoms with Crippen molar-refractivity contribution in [2.45, 2.75) is 95.0 Å². The maximum Gasteiger partial charge on any atom is 0.244 e. The Bertz CT molecular complexity index is 1120. The molecule has 6 rings (SSSR count). The fourth-order valence-electron chi connectivity index (χ4n) is 6.59. The van der Waals surface area contributed by atoms with E-state index in [-0.39, 0.29) is 11.8 Å². The van der Waals surface area contributed by atoms with Crippen LogP contribution in [0, 0.1) is 0 Å². The number of aromatic nitrogens is 1. The molecule has 36 heavy (non-hydrogen) atoms. The molecule has 8 heteroatoms. The Morgan fingerprint density at radius 3 is 2.61 bits per heavy atom. The number of likely N-dealkylation sites (tertiary alicyclic amines) is 1. The van der Waals surface area contributed by atoms with Gasteiger partial charge in [-0.1, -0.05) is 37.5 Å². The van der Waals surface area contributed by atoms with Crippen molar-refractivity contribution in [3.63, 3.8) is 0 Å². The number of imide groups is 1. The van der Waals surface area contributed by atoms with Gasteiger partial charge in [0.25, 0.3) is 0 Å². The van der Waals surface area contributed by atoms with E-state index < -0.39 is 12.3 Å². The molecular weight excluding hydrogens is 472 g/mol. The summed E-state index contributed by atoms with van der Waals surface area (Å²) in [5, 5.41) is 14.7. The van der Waals surface area contributed by atoms with Gasteiger partial charge in [0.2, 0.25) is 11.8 Å². The Kier molecular flexibility index (Phi) is 6.95. The van der Waals surface area contributed by atoms with Crippen molar-refractivity contribution < 1.29 is 14.7 Å². The first kappa shape index (κ1) is 24.2. The minimum absolute atomic E-state index is 0.226. The number of aliphatic hydroxyl groups is 1. The SMILES string of the molecule is O=C1CCC(N2Cc3cc(C4CCN(Cc5cnc(C6CCCCC6)s5)CC4)ccc3C2O)C(=O)N1. The first-order chi connectivity index (χ1) is 17.5. The number of nitrogens with one attached hydrogen (secondary N) is 1. The Morgan fingerprint density at radius 2 is 1.83 bits per heavy atom. The molecule has 4 aliphatic rings. The van der Waals surface area contributed by atoms with Crippen molar-refractivity contribution in [3.8, 4) is 0 Å². The van der Waals surface area contributed by atoms with Crippen molar-refractivity contribution >= 4 is 23.2 Å². The smallest absolute Gasteiger partial charge is 0.244 e. The second-order valence-electron chi connectivity index (χ2n) is 11.0. The van der Waals surface area contributed by atoms with E-state index >= 15 is 0 Å². The number of hydrogen-bond acceptors (Lipinski definition) is 7. The minimum atomic E-state index is -0.794. The molecule has 3 aliphatic heterocycles. The van der Waals surface area contributed by atoms with Crippen LogP contribution in [0.1, 0.15) is 102 Å². The molecule has 1 saturated carbocycles. The van der Waals surface area contributed by atoms with Gasteiger partial charge >= 0.3 is 0 Å². The maximum atomic E-state index is 12.4. The van der Waals surface area contributed by atoms with E-state index in [9.17, 15) is 14.7 Å². The number of benzene rings is 1. The number of rotatable bonds is 5. The van der Waals surface area contributed by atoms with Gasteiger partial charge in [-0.05, 0) is 67.8 Å². The molecule has 2 saturated heterocycles. The molecule has 7 nitrogen and oxygen atoms in total. The lowest BCUT2D eigenvalue weighted by atomic mass is 9.88. The van der Waals surface area contributed by atoms with Crippen LogP contribution < -0.4 is 5.32 Å². The van der Waals surface area contributed by atoms with Gasteiger partial charge in [0, 0.05) is 36.5 Å². The molecule has 0 radical (unpaired) electrons. The Hall–Kier alpha value is -2.13. The van der Waals surface area contributed by atoms with Crippen molar-refractivity contribution in [1.29, 1.82) is 0 Å². The van der Waals surface area contributed by atoms with Gasteiger partial charge in [-0.3, -0.25) is 24.7 Å². The quantitative estimate of drug-likeness (QED) is 0.590. The average molecular weight is 509 g/mol. The highest BCUT2D eigenvalue weighted by molar-refractivity contribution is 7.11. The van der Waals surface area contributed by atoms with Crippen molar-refractivity contribution in [3.05, 3.63) is 51.0 Å². The van der Waals surface area contributed by atoms with Gasteiger partial charge in [0.1, 0.15) is 6.23 Å². The van der Waals surface area contributed by atoms with Crippen LogP contribution in [0.5, 0.6) is 0 Å². The van der Waals surface area contributed by atoms with E-state index in [4.69, 9.17) is 4.98 Å². The topological polar surface area (TPSA) is 85.8 Å². The van der Waals surface area contributed by atoms with Crippen LogP contribution >= 0.6 is 11.3 Å². The van der Waals surface area contributed by atoms with Gasteiger partial charge in [0.15, 0.2) is 0 Å². The lowest BCUT2D eigenvalue weighted by Gasteiger charge is -2.32. The molecular formula is C28H36N4O3S. The first-order valence-electron chi connectivity index (χ1n) is 13.6. The second-order valence-corrected chi connectivity index (χ2v) is 12.2. The highest BCUT2D eigenvalue weighted by Gasteiger charge is 2.40. The van der Waals surface area contributed by atoms with Crippen molar-refractivity contribution in [2.24, 2.45) is 0 Å². The summed E-state index contributed by atoms with van der Waals surface area (Å²) in [6.45, 7) is 3.73.